The highest BCUT2D eigenvalue weighted by atomic mass is 32.1. The largest absolute Gasteiger partial charge is 0.375 e. The lowest BCUT2D eigenvalue weighted by atomic mass is 10.1. The minimum absolute atomic E-state index is 0.123. The van der Waals surface area contributed by atoms with E-state index < -0.39 is 11.8 Å². The third kappa shape index (κ3) is 1.55. The number of hydrazine groups is 1. The van der Waals surface area contributed by atoms with Crippen LogP contribution in [0, 0.1) is 0 Å². The van der Waals surface area contributed by atoms with Gasteiger partial charge in [-0.25, -0.2) is 0 Å². The molecular formula is C9H7N3O2S. The molecule has 0 saturated heterocycles. The Hall–Kier alpha value is -1.95. The molecule has 0 radical (unpaired) electrons. The van der Waals surface area contributed by atoms with Crippen LogP contribution in [-0.4, -0.2) is 21.9 Å². The molecule has 2 amide bonds. The fourth-order valence-corrected chi connectivity index (χ4v) is 1.44. The van der Waals surface area contributed by atoms with Crippen LogP contribution in [0.4, 0.5) is 0 Å². The SMILES string of the molecule is NC(=S)NN1C(=O)c2cccc(c2)C1=O. The second-order valence-corrected chi connectivity index (χ2v) is 3.44. The number of nitrogens with two attached hydrogens (primary N) is 1. The van der Waals surface area contributed by atoms with Crippen LogP contribution in [-0.2, 0) is 0 Å². The number of nitrogens with zero attached hydrogens (tertiary/aromatic N) is 1. The molecule has 6 heteroatoms. The minimum atomic E-state index is -0.457. The predicted molar refractivity (Wildman–Crippen MR) is 56.9 cm³/mol. The zero-order valence-electron chi connectivity index (χ0n) is 7.56. The zero-order valence-corrected chi connectivity index (χ0v) is 8.38. The molecule has 0 spiro atoms. The summed E-state index contributed by atoms with van der Waals surface area (Å²) >= 11 is 4.58. The lowest BCUT2D eigenvalue weighted by molar-refractivity contribution is 0.0562. The molecule has 0 unspecified atom stereocenters. The van der Waals surface area contributed by atoms with Crippen molar-refractivity contribution in [3.8, 4) is 0 Å². The van der Waals surface area contributed by atoms with Gasteiger partial charge in [0, 0.05) is 11.1 Å². The molecule has 15 heavy (non-hydrogen) atoms. The maximum atomic E-state index is 11.7. The number of carbonyl (C=O) groups excluding carboxylic acids is 2. The van der Waals surface area contributed by atoms with Crippen molar-refractivity contribution < 1.29 is 9.59 Å². The van der Waals surface area contributed by atoms with Gasteiger partial charge in [0.1, 0.15) is 0 Å². The average Bonchev–Trinajstić information content (AvgIpc) is 2.22. The van der Waals surface area contributed by atoms with Gasteiger partial charge in [0.15, 0.2) is 5.11 Å². The van der Waals surface area contributed by atoms with Crippen molar-refractivity contribution in [2.24, 2.45) is 5.73 Å². The van der Waals surface area contributed by atoms with Crippen LogP contribution in [0.1, 0.15) is 20.7 Å². The number of thiocarbonyl (C=S) groups is 1. The highest BCUT2D eigenvalue weighted by Crippen LogP contribution is 2.16. The van der Waals surface area contributed by atoms with Crippen molar-refractivity contribution in [2.45, 2.75) is 0 Å². The summed E-state index contributed by atoms with van der Waals surface area (Å²) in [6.07, 6.45) is 0. The number of amides is 2. The number of hydrogen-bond donors (Lipinski definition) is 2. The zero-order chi connectivity index (χ0) is 11.0. The van der Waals surface area contributed by atoms with E-state index in [9.17, 15) is 9.59 Å². The van der Waals surface area contributed by atoms with Crippen LogP contribution < -0.4 is 11.2 Å². The number of hydrogen-bond acceptors (Lipinski definition) is 3. The first-order chi connectivity index (χ1) is 7.09. The second kappa shape index (κ2) is 3.32. The average molecular weight is 221 g/mol. The predicted octanol–water partition coefficient (Wildman–Crippen LogP) is 0.0308. The van der Waals surface area contributed by atoms with E-state index in [1.54, 1.807) is 18.2 Å². The van der Waals surface area contributed by atoms with Crippen LogP contribution in [0.5, 0.6) is 0 Å². The Morgan fingerprint density at radius 3 is 2.27 bits per heavy atom. The van der Waals surface area contributed by atoms with E-state index >= 15 is 0 Å². The van der Waals surface area contributed by atoms with Gasteiger partial charge in [-0.05, 0) is 30.4 Å². The Bertz CT molecular complexity index is 441. The first-order valence-electron chi connectivity index (χ1n) is 4.14. The minimum Gasteiger partial charge on any atom is -0.375 e. The number of imide groups is 1. The lowest BCUT2D eigenvalue weighted by Gasteiger charge is -2.25. The van der Waals surface area contributed by atoms with Crippen molar-refractivity contribution >= 4 is 29.1 Å². The number of carbonyl (C=O) groups is 2. The van der Waals surface area contributed by atoms with Crippen LogP contribution in [0.15, 0.2) is 24.3 Å². The highest BCUT2D eigenvalue weighted by molar-refractivity contribution is 7.80. The molecule has 1 aromatic carbocycles. The molecule has 0 saturated carbocycles. The molecule has 1 aliphatic heterocycles. The summed E-state index contributed by atoms with van der Waals surface area (Å²) in [6, 6.07) is 6.42. The third-order valence-electron chi connectivity index (χ3n) is 1.98. The summed E-state index contributed by atoms with van der Waals surface area (Å²) in [5.74, 6) is -0.915. The molecule has 2 bridgehead atoms. The topological polar surface area (TPSA) is 75.4 Å². The fraction of sp³-hybridized carbons (Fsp3) is 0. The molecule has 0 aliphatic carbocycles. The molecule has 0 aromatic heterocycles. The molecular weight excluding hydrogens is 214 g/mol. The molecule has 0 atom stereocenters. The number of fused-ring (bicyclic) bond motifs is 2. The molecule has 1 aromatic rings. The van der Waals surface area contributed by atoms with Gasteiger partial charge in [0.2, 0.25) is 0 Å². The Labute approximate surface area is 90.8 Å². The quantitative estimate of drug-likeness (QED) is 0.517. The van der Waals surface area contributed by atoms with Gasteiger partial charge in [0.05, 0.1) is 0 Å². The first-order valence-corrected chi connectivity index (χ1v) is 4.55. The van der Waals surface area contributed by atoms with Crippen molar-refractivity contribution in [3.63, 3.8) is 0 Å². The van der Waals surface area contributed by atoms with E-state index in [4.69, 9.17) is 5.73 Å². The van der Waals surface area contributed by atoms with Gasteiger partial charge in [-0.3, -0.25) is 15.0 Å². The smallest absolute Gasteiger partial charge is 0.279 e. The molecule has 3 N–H and O–H groups in total. The number of nitrogens with one attached hydrogen (secondary N) is 1. The third-order valence-corrected chi connectivity index (χ3v) is 2.08. The molecule has 1 aliphatic rings. The maximum absolute atomic E-state index is 11.7. The molecule has 0 fully saturated rings. The Kier molecular flexibility index (Phi) is 2.12. The first kappa shape index (κ1) is 9.60. The van der Waals surface area contributed by atoms with Crippen LogP contribution in [0.25, 0.3) is 0 Å². The summed E-state index contributed by atoms with van der Waals surface area (Å²) in [6.45, 7) is 0. The van der Waals surface area contributed by atoms with Crippen LogP contribution in [0.3, 0.4) is 0 Å². The van der Waals surface area contributed by atoms with E-state index in [0.29, 0.717) is 11.1 Å². The Morgan fingerprint density at radius 1 is 1.27 bits per heavy atom. The van der Waals surface area contributed by atoms with E-state index in [2.05, 4.69) is 17.6 Å². The van der Waals surface area contributed by atoms with Crippen molar-refractivity contribution in [1.82, 2.24) is 10.4 Å². The van der Waals surface area contributed by atoms with E-state index in [0.717, 1.165) is 5.01 Å². The molecule has 76 valence electrons. The standard InChI is InChI=1S/C9H7N3O2S/c10-9(15)11-12-7(13)5-2-1-3-6(4-5)8(12)14/h1-4H,(H3,10,11,15). The van der Waals surface area contributed by atoms with Gasteiger partial charge < -0.3 is 5.73 Å². The Morgan fingerprint density at radius 2 is 1.80 bits per heavy atom. The van der Waals surface area contributed by atoms with Gasteiger partial charge >= 0.3 is 0 Å². The monoisotopic (exact) mass is 221 g/mol. The summed E-state index contributed by atoms with van der Waals surface area (Å²) in [4.78, 5) is 23.3. The van der Waals surface area contributed by atoms with Gasteiger partial charge in [-0.15, -0.1) is 0 Å². The summed E-state index contributed by atoms with van der Waals surface area (Å²) in [5, 5.41) is 0.689. The van der Waals surface area contributed by atoms with Gasteiger partial charge in [-0.1, -0.05) is 6.07 Å². The van der Waals surface area contributed by atoms with E-state index in [1.165, 1.54) is 6.07 Å². The van der Waals surface area contributed by atoms with Crippen LogP contribution in [0.2, 0.25) is 0 Å². The summed E-state index contributed by atoms with van der Waals surface area (Å²) < 4.78 is 0. The lowest BCUT2D eigenvalue weighted by Crippen LogP contribution is -2.53. The molecule has 5 nitrogen and oxygen atoms in total. The molecule has 1 heterocycles. The van der Waals surface area contributed by atoms with Gasteiger partial charge in [0.25, 0.3) is 11.8 Å². The summed E-state index contributed by atoms with van der Waals surface area (Å²) in [5.41, 5.74) is 8.41. The maximum Gasteiger partial charge on any atom is 0.279 e. The normalized spacial score (nSPS) is 14.0. The van der Waals surface area contributed by atoms with E-state index in [1.807, 2.05) is 0 Å². The van der Waals surface area contributed by atoms with Crippen molar-refractivity contribution in [1.29, 1.82) is 0 Å². The highest BCUT2D eigenvalue weighted by Gasteiger charge is 2.29. The number of rotatable bonds is 1. The van der Waals surface area contributed by atoms with Gasteiger partial charge in [-0.2, -0.15) is 5.01 Å². The summed E-state index contributed by atoms with van der Waals surface area (Å²) in [7, 11) is 0. The van der Waals surface area contributed by atoms with Crippen LogP contribution >= 0.6 is 12.2 Å². The fourth-order valence-electron chi connectivity index (χ4n) is 1.35. The Balaban J connectivity index is 2.42. The van der Waals surface area contributed by atoms with E-state index in [-0.39, 0.29) is 5.11 Å². The molecule has 2 rings (SSSR count). The van der Waals surface area contributed by atoms with Crippen molar-refractivity contribution in [2.75, 3.05) is 0 Å². The second-order valence-electron chi connectivity index (χ2n) is 3.00. The number of benzene rings is 1. The van der Waals surface area contributed by atoms with Crippen molar-refractivity contribution in [3.05, 3.63) is 35.4 Å².